The Kier molecular flexibility index (Phi) is 5.62. The number of hydrogen-bond donors (Lipinski definition) is 2. The zero-order valence-electron chi connectivity index (χ0n) is 13.3. The molecule has 2 atom stereocenters. The summed E-state index contributed by atoms with van der Waals surface area (Å²) in [7, 11) is -3.86. The van der Waals surface area contributed by atoms with Crippen LogP contribution in [0.1, 0.15) is 43.4 Å². The molecule has 1 aromatic carbocycles. The van der Waals surface area contributed by atoms with Crippen molar-refractivity contribution in [2.75, 3.05) is 6.61 Å². The average molecular weight is 337 g/mol. The van der Waals surface area contributed by atoms with E-state index in [9.17, 15) is 13.5 Å². The van der Waals surface area contributed by atoms with Crippen LogP contribution < -0.4 is 5.14 Å². The molecule has 0 saturated heterocycles. The molecule has 0 aliphatic rings. The minimum absolute atomic E-state index is 0.0550. The van der Waals surface area contributed by atoms with E-state index in [0.29, 0.717) is 11.5 Å². The lowest BCUT2D eigenvalue weighted by Crippen LogP contribution is -2.22. The van der Waals surface area contributed by atoms with Crippen LogP contribution in [-0.4, -0.2) is 20.1 Å². The Balaban J connectivity index is 2.53. The van der Waals surface area contributed by atoms with Gasteiger partial charge in [-0.2, -0.15) is 0 Å². The van der Waals surface area contributed by atoms with Gasteiger partial charge < -0.3 is 9.52 Å². The molecule has 3 N–H and O–H groups in total. The van der Waals surface area contributed by atoms with E-state index < -0.39 is 15.9 Å². The third kappa shape index (κ3) is 4.22. The molecular weight excluding hydrogens is 314 g/mol. The van der Waals surface area contributed by atoms with E-state index in [4.69, 9.17) is 9.56 Å². The fourth-order valence-corrected chi connectivity index (χ4v) is 3.79. The van der Waals surface area contributed by atoms with Crippen molar-refractivity contribution in [3.63, 3.8) is 0 Å². The van der Waals surface area contributed by atoms with Crippen LogP contribution in [0.4, 0.5) is 0 Å². The Labute approximate surface area is 137 Å². The van der Waals surface area contributed by atoms with Crippen LogP contribution in [-0.2, 0) is 10.0 Å². The molecule has 0 unspecified atom stereocenters. The van der Waals surface area contributed by atoms with E-state index in [1.807, 2.05) is 6.07 Å². The van der Waals surface area contributed by atoms with E-state index >= 15 is 0 Å². The molecule has 0 bridgehead atoms. The zero-order chi connectivity index (χ0) is 17.0. The average Bonchev–Trinajstić information content (AvgIpc) is 3.00. The quantitative estimate of drug-likeness (QED) is 0.812. The van der Waals surface area contributed by atoms with Crippen molar-refractivity contribution < 1.29 is 17.9 Å². The van der Waals surface area contributed by atoms with Gasteiger partial charge in [-0.15, -0.1) is 0 Å². The van der Waals surface area contributed by atoms with Crippen molar-refractivity contribution >= 4 is 10.0 Å². The number of aliphatic hydroxyl groups excluding tert-OH is 1. The van der Waals surface area contributed by atoms with Crippen molar-refractivity contribution in [2.24, 2.45) is 11.1 Å². The van der Waals surface area contributed by atoms with Gasteiger partial charge >= 0.3 is 0 Å². The summed E-state index contributed by atoms with van der Waals surface area (Å²) in [6.07, 6.45) is 2.35. The molecule has 0 amide bonds. The highest BCUT2D eigenvalue weighted by Crippen LogP contribution is 2.39. The number of nitrogens with two attached hydrogens (primary N) is 1. The van der Waals surface area contributed by atoms with Gasteiger partial charge in [0.1, 0.15) is 5.76 Å². The molecule has 0 aliphatic heterocycles. The van der Waals surface area contributed by atoms with Gasteiger partial charge in [0.25, 0.3) is 0 Å². The molecule has 5 nitrogen and oxygen atoms in total. The Morgan fingerprint density at radius 3 is 2.35 bits per heavy atom. The van der Waals surface area contributed by atoms with Crippen LogP contribution in [0.3, 0.4) is 0 Å². The summed E-state index contributed by atoms with van der Waals surface area (Å²) >= 11 is 0. The minimum atomic E-state index is -3.86. The van der Waals surface area contributed by atoms with Crippen LogP contribution in [0.2, 0.25) is 0 Å². The molecular formula is C17H23NO4S. The molecule has 6 heteroatoms. The lowest BCUT2D eigenvalue weighted by molar-refractivity contribution is 0.225. The number of furan rings is 1. The summed E-state index contributed by atoms with van der Waals surface area (Å²) in [4.78, 5) is 0.0550. The molecule has 0 fully saturated rings. The summed E-state index contributed by atoms with van der Waals surface area (Å²) in [5.41, 5.74) is 0.527. The fraction of sp³-hybridized carbons (Fsp3) is 0.412. The summed E-state index contributed by atoms with van der Waals surface area (Å²) in [6, 6.07) is 10.2. The number of benzene rings is 1. The number of primary sulfonamides is 1. The number of rotatable bonds is 7. The molecule has 23 heavy (non-hydrogen) atoms. The summed E-state index contributed by atoms with van der Waals surface area (Å²) in [6.45, 7) is 3.97. The van der Waals surface area contributed by atoms with Crippen molar-refractivity contribution in [1.82, 2.24) is 0 Å². The van der Waals surface area contributed by atoms with Gasteiger partial charge in [0.15, 0.2) is 0 Å². The molecule has 0 radical (unpaired) electrons. The van der Waals surface area contributed by atoms with Crippen LogP contribution in [0.5, 0.6) is 0 Å². The Bertz CT molecular complexity index is 723. The van der Waals surface area contributed by atoms with Gasteiger partial charge in [-0.1, -0.05) is 32.0 Å². The van der Waals surface area contributed by atoms with Gasteiger partial charge in [-0.05, 0) is 36.1 Å². The topological polar surface area (TPSA) is 93.5 Å². The maximum absolute atomic E-state index is 11.9. The standard InChI is InChI=1S/C17H23NO4S/c1-12(2)10-14(16-7-5-9-22-16)15(11-19)13-6-3-4-8-17(13)23(18,20)21/h3-9,12,14-15,19H,10-11H2,1-2H3,(H2,18,20,21)/t14-,15-/m1/s1. The first-order chi connectivity index (χ1) is 10.8. The van der Waals surface area contributed by atoms with Crippen LogP contribution in [0.25, 0.3) is 0 Å². The molecule has 1 heterocycles. The lowest BCUT2D eigenvalue weighted by Gasteiger charge is -2.27. The monoisotopic (exact) mass is 337 g/mol. The Morgan fingerprint density at radius 2 is 1.83 bits per heavy atom. The second kappa shape index (κ2) is 7.29. The van der Waals surface area contributed by atoms with E-state index in [0.717, 1.165) is 12.2 Å². The third-order valence-corrected chi connectivity index (χ3v) is 4.93. The zero-order valence-corrected chi connectivity index (χ0v) is 14.2. The van der Waals surface area contributed by atoms with E-state index in [2.05, 4.69) is 13.8 Å². The smallest absolute Gasteiger partial charge is 0.238 e. The van der Waals surface area contributed by atoms with Crippen LogP contribution in [0, 0.1) is 5.92 Å². The van der Waals surface area contributed by atoms with Gasteiger partial charge in [-0.25, -0.2) is 13.6 Å². The van der Waals surface area contributed by atoms with Crippen LogP contribution >= 0.6 is 0 Å². The van der Waals surface area contributed by atoms with Crippen LogP contribution in [0.15, 0.2) is 52.0 Å². The normalized spacial score (nSPS) is 14.8. The highest BCUT2D eigenvalue weighted by molar-refractivity contribution is 7.89. The number of hydrogen-bond acceptors (Lipinski definition) is 4. The Hall–Kier alpha value is -1.63. The largest absolute Gasteiger partial charge is 0.469 e. The molecule has 1 aromatic heterocycles. The van der Waals surface area contributed by atoms with Crippen molar-refractivity contribution in [3.8, 4) is 0 Å². The predicted molar refractivity (Wildman–Crippen MR) is 88.5 cm³/mol. The second-order valence-electron chi connectivity index (χ2n) is 6.12. The molecule has 126 valence electrons. The van der Waals surface area contributed by atoms with E-state index in [-0.39, 0.29) is 17.4 Å². The summed E-state index contributed by atoms with van der Waals surface area (Å²) < 4.78 is 29.3. The number of aliphatic hydroxyl groups is 1. The highest BCUT2D eigenvalue weighted by Gasteiger charge is 2.30. The molecule has 2 aromatic rings. The summed E-state index contributed by atoms with van der Waals surface area (Å²) in [5.74, 6) is 0.568. The molecule has 0 aliphatic carbocycles. The third-order valence-electron chi connectivity index (χ3n) is 3.94. The van der Waals surface area contributed by atoms with Gasteiger partial charge in [0.2, 0.25) is 10.0 Å². The maximum Gasteiger partial charge on any atom is 0.238 e. The lowest BCUT2D eigenvalue weighted by atomic mass is 9.80. The highest BCUT2D eigenvalue weighted by atomic mass is 32.2. The predicted octanol–water partition coefficient (Wildman–Crippen LogP) is 2.83. The first-order valence-electron chi connectivity index (χ1n) is 7.60. The fourth-order valence-electron chi connectivity index (χ4n) is 2.98. The Morgan fingerprint density at radius 1 is 1.13 bits per heavy atom. The maximum atomic E-state index is 11.9. The molecule has 2 rings (SSSR count). The first-order valence-corrected chi connectivity index (χ1v) is 9.15. The van der Waals surface area contributed by atoms with E-state index in [1.54, 1.807) is 30.5 Å². The number of sulfonamides is 1. The molecule has 0 saturated carbocycles. The first kappa shape index (κ1) is 17.7. The van der Waals surface area contributed by atoms with Crippen molar-refractivity contribution in [1.29, 1.82) is 0 Å². The van der Waals surface area contributed by atoms with Gasteiger partial charge in [-0.3, -0.25) is 0 Å². The SMILES string of the molecule is CC(C)C[C@@H](c1ccco1)[C@H](CO)c1ccccc1S(N)(=O)=O. The van der Waals surface area contributed by atoms with Crippen molar-refractivity contribution in [2.45, 2.75) is 37.0 Å². The van der Waals surface area contributed by atoms with Gasteiger partial charge in [0, 0.05) is 11.8 Å². The summed E-state index contributed by atoms with van der Waals surface area (Å²) in [5, 5.41) is 15.3. The second-order valence-corrected chi connectivity index (χ2v) is 7.65. The van der Waals surface area contributed by atoms with Crippen molar-refractivity contribution in [3.05, 3.63) is 54.0 Å². The van der Waals surface area contributed by atoms with E-state index in [1.165, 1.54) is 6.07 Å². The molecule has 0 spiro atoms. The van der Waals surface area contributed by atoms with Gasteiger partial charge in [0.05, 0.1) is 17.8 Å². The minimum Gasteiger partial charge on any atom is -0.469 e.